The molecule has 0 amide bonds. The first-order chi connectivity index (χ1) is 9.33. The zero-order chi connectivity index (χ0) is 13.1. The first kappa shape index (κ1) is 12.4. The second kappa shape index (κ2) is 5.57. The average Bonchev–Trinajstić information content (AvgIpc) is 2.89. The van der Waals surface area contributed by atoms with Crippen LogP contribution in [0.4, 0.5) is 5.82 Å². The number of rotatable bonds is 4. The van der Waals surface area contributed by atoms with Crippen LogP contribution < -0.4 is 5.32 Å². The van der Waals surface area contributed by atoms with Crippen molar-refractivity contribution in [2.75, 3.05) is 25.0 Å². The first-order valence-corrected chi connectivity index (χ1v) is 7.10. The Hall–Kier alpha value is -1.62. The fourth-order valence-electron chi connectivity index (χ4n) is 2.78. The summed E-state index contributed by atoms with van der Waals surface area (Å²) in [6.07, 6.45) is 9.52. The molecule has 0 aromatic carbocycles. The lowest BCUT2D eigenvalue weighted by Gasteiger charge is -2.29. The van der Waals surface area contributed by atoms with Gasteiger partial charge in [0.1, 0.15) is 5.52 Å². The molecule has 1 aliphatic heterocycles. The number of hydrogen-bond acceptors (Lipinski definition) is 4. The maximum Gasteiger partial charge on any atom is 0.152 e. The molecule has 0 saturated carbocycles. The van der Waals surface area contributed by atoms with E-state index in [1.54, 1.807) is 12.4 Å². The summed E-state index contributed by atoms with van der Waals surface area (Å²) in [5.41, 5.74) is 1.04. The molecule has 0 aliphatic carbocycles. The maximum atomic E-state index is 4.42. The van der Waals surface area contributed by atoms with E-state index in [0.717, 1.165) is 17.9 Å². The van der Waals surface area contributed by atoms with Crippen molar-refractivity contribution < 1.29 is 0 Å². The average molecular weight is 259 g/mol. The Bertz CT molecular complexity index is 529. The summed E-state index contributed by atoms with van der Waals surface area (Å²) in [5.74, 6) is 0.921. The minimum absolute atomic E-state index is 0.395. The van der Waals surface area contributed by atoms with Crippen LogP contribution in [0.1, 0.15) is 26.2 Å². The van der Waals surface area contributed by atoms with Crippen LogP contribution in [0.15, 0.2) is 24.7 Å². The highest BCUT2D eigenvalue weighted by Gasteiger charge is 2.14. The van der Waals surface area contributed by atoms with Crippen molar-refractivity contribution >= 4 is 11.3 Å². The molecular formula is C14H21N5. The molecule has 1 atom stereocenters. The standard InChI is InChI=1S/C14H21N5/c1-12(11-18-8-3-2-4-9-18)17-14-13-5-6-16-19(13)10-7-15-14/h5-7,10,12H,2-4,8-9,11H2,1H3,(H,15,17). The van der Waals surface area contributed by atoms with Crippen molar-refractivity contribution in [1.29, 1.82) is 0 Å². The van der Waals surface area contributed by atoms with Crippen molar-refractivity contribution in [3.63, 3.8) is 0 Å². The zero-order valence-corrected chi connectivity index (χ0v) is 11.4. The molecule has 5 heteroatoms. The van der Waals surface area contributed by atoms with Crippen LogP contribution >= 0.6 is 0 Å². The number of piperidine rings is 1. The molecule has 3 rings (SSSR count). The molecule has 0 bridgehead atoms. The largest absolute Gasteiger partial charge is 0.365 e. The number of hydrogen-bond donors (Lipinski definition) is 1. The van der Waals surface area contributed by atoms with Gasteiger partial charge in [-0.25, -0.2) is 9.50 Å². The monoisotopic (exact) mass is 259 g/mol. The van der Waals surface area contributed by atoms with Gasteiger partial charge >= 0.3 is 0 Å². The predicted octanol–water partition coefficient (Wildman–Crippen LogP) is 2.02. The van der Waals surface area contributed by atoms with Crippen LogP contribution in [0.2, 0.25) is 0 Å². The molecule has 0 spiro atoms. The number of aromatic nitrogens is 3. The van der Waals surface area contributed by atoms with E-state index in [-0.39, 0.29) is 0 Å². The first-order valence-electron chi connectivity index (χ1n) is 7.10. The van der Waals surface area contributed by atoms with E-state index in [1.807, 2.05) is 16.8 Å². The topological polar surface area (TPSA) is 45.5 Å². The summed E-state index contributed by atoms with van der Waals surface area (Å²) in [7, 11) is 0. The van der Waals surface area contributed by atoms with Crippen LogP contribution in [0, 0.1) is 0 Å². The van der Waals surface area contributed by atoms with Gasteiger partial charge in [-0.2, -0.15) is 5.10 Å². The Kier molecular flexibility index (Phi) is 3.64. The molecule has 102 valence electrons. The van der Waals surface area contributed by atoms with Crippen molar-refractivity contribution in [2.45, 2.75) is 32.2 Å². The quantitative estimate of drug-likeness (QED) is 0.912. The van der Waals surface area contributed by atoms with Gasteiger partial charge in [0, 0.05) is 25.0 Å². The summed E-state index contributed by atoms with van der Waals surface area (Å²) in [5, 5.41) is 7.73. The van der Waals surface area contributed by atoms with Crippen LogP contribution in [-0.4, -0.2) is 45.2 Å². The summed E-state index contributed by atoms with van der Waals surface area (Å²) >= 11 is 0. The Morgan fingerprint density at radius 1 is 1.26 bits per heavy atom. The van der Waals surface area contributed by atoms with E-state index in [9.17, 15) is 0 Å². The second-order valence-electron chi connectivity index (χ2n) is 5.34. The highest BCUT2D eigenvalue weighted by molar-refractivity contribution is 5.66. The molecule has 3 heterocycles. The van der Waals surface area contributed by atoms with Crippen LogP contribution in [0.5, 0.6) is 0 Å². The SMILES string of the molecule is CC(CN1CCCCC1)Nc1nccn2nccc12. The number of likely N-dealkylation sites (tertiary alicyclic amines) is 1. The lowest BCUT2D eigenvalue weighted by atomic mass is 10.1. The molecule has 19 heavy (non-hydrogen) atoms. The van der Waals surface area contributed by atoms with Gasteiger partial charge in [-0.3, -0.25) is 0 Å². The minimum Gasteiger partial charge on any atom is -0.365 e. The van der Waals surface area contributed by atoms with E-state index in [4.69, 9.17) is 0 Å². The third-order valence-corrected chi connectivity index (χ3v) is 3.69. The van der Waals surface area contributed by atoms with Crippen molar-refractivity contribution in [1.82, 2.24) is 19.5 Å². The molecular weight excluding hydrogens is 238 g/mol. The van der Waals surface area contributed by atoms with Crippen molar-refractivity contribution in [2.24, 2.45) is 0 Å². The van der Waals surface area contributed by atoms with Gasteiger partial charge in [0.2, 0.25) is 0 Å². The minimum atomic E-state index is 0.395. The van der Waals surface area contributed by atoms with Crippen molar-refractivity contribution in [3.8, 4) is 0 Å². The van der Waals surface area contributed by atoms with Gasteiger partial charge in [-0.15, -0.1) is 0 Å². The molecule has 0 radical (unpaired) electrons. The third kappa shape index (κ3) is 2.87. The smallest absolute Gasteiger partial charge is 0.152 e. The van der Waals surface area contributed by atoms with Crippen molar-refractivity contribution in [3.05, 3.63) is 24.7 Å². The second-order valence-corrected chi connectivity index (χ2v) is 5.34. The molecule has 2 aromatic rings. The summed E-state index contributed by atoms with van der Waals surface area (Å²) in [6, 6.07) is 2.38. The Balaban J connectivity index is 1.65. The number of nitrogens with zero attached hydrogens (tertiary/aromatic N) is 4. The molecule has 1 unspecified atom stereocenters. The third-order valence-electron chi connectivity index (χ3n) is 3.69. The molecule has 5 nitrogen and oxygen atoms in total. The Labute approximate surface area is 113 Å². The van der Waals surface area contributed by atoms with Crippen LogP contribution in [0.25, 0.3) is 5.52 Å². The molecule has 1 aliphatic rings. The van der Waals surface area contributed by atoms with E-state index < -0.39 is 0 Å². The summed E-state index contributed by atoms with van der Waals surface area (Å²) in [6.45, 7) is 5.76. The van der Waals surface area contributed by atoms with Gasteiger partial charge in [0.05, 0.1) is 6.20 Å². The van der Waals surface area contributed by atoms with Gasteiger partial charge in [0.15, 0.2) is 5.82 Å². The van der Waals surface area contributed by atoms with Gasteiger partial charge in [-0.05, 0) is 38.9 Å². The molecule has 2 aromatic heterocycles. The summed E-state index contributed by atoms with van der Waals surface area (Å²) < 4.78 is 1.85. The lowest BCUT2D eigenvalue weighted by molar-refractivity contribution is 0.223. The van der Waals surface area contributed by atoms with E-state index in [0.29, 0.717) is 6.04 Å². The maximum absolute atomic E-state index is 4.42. The molecule has 1 saturated heterocycles. The summed E-state index contributed by atoms with van der Waals surface area (Å²) in [4.78, 5) is 6.96. The van der Waals surface area contributed by atoms with Gasteiger partial charge in [-0.1, -0.05) is 6.42 Å². The normalized spacial score (nSPS) is 18.6. The van der Waals surface area contributed by atoms with Gasteiger partial charge < -0.3 is 10.2 Å². The number of nitrogens with one attached hydrogen (secondary N) is 1. The number of fused-ring (bicyclic) bond motifs is 1. The number of anilines is 1. The van der Waals surface area contributed by atoms with E-state index in [1.165, 1.54) is 32.4 Å². The van der Waals surface area contributed by atoms with Crippen LogP contribution in [-0.2, 0) is 0 Å². The predicted molar refractivity (Wildman–Crippen MR) is 76.4 cm³/mol. The fourth-order valence-corrected chi connectivity index (χ4v) is 2.78. The highest BCUT2D eigenvalue weighted by atomic mass is 15.2. The Morgan fingerprint density at radius 2 is 2.11 bits per heavy atom. The fraction of sp³-hybridized carbons (Fsp3) is 0.571. The van der Waals surface area contributed by atoms with Crippen LogP contribution in [0.3, 0.4) is 0 Å². The zero-order valence-electron chi connectivity index (χ0n) is 11.4. The van der Waals surface area contributed by atoms with E-state index in [2.05, 4.69) is 27.2 Å². The van der Waals surface area contributed by atoms with Gasteiger partial charge in [0.25, 0.3) is 0 Å². The lowest BCUT2D eigenvalue weighted by Crippen LogP contribution is -2.38. The van der Waals surface area contributed by atoms with E-state index >= 15 is 0 Å². The molecule has 1 N–H and O–H groups in total. The Morgan fingerprint density at radius 3 is 2.95 bits per heavy atom. The highest BCUT2D eigenvalue weighted by Crippen LogP contribution is 2.15. The molecule has 1 fully saturated rings.